The van der Waals surface area contributed by atoms with E-state index in [0.717, 1.165) is 24.1 Å². The number of benzene rings is 1. The van der Waals surface area contributed by atoms with Crippen LogP contribution in [0.15, 0.2) is 18.2 Å². The Labute approximate surface area is 131 Å². The molecular weight excluding hydrogens is 280 g/mol. The minimum Gasteiger partial charge on any atom is -0.389 e. The van der Waals surface area contributed by atoms with Crippen LogP contribution in [-0.4, -0.2) is 52.5 Å². The van der Waals surface area contributed by atoms with Crippen LogP contribution in [0, 0.1) is 0 Å². The first-order valence-corrected chi connectivity index (χ1v) is 7.44. The third-order valence-corrected chi connectivity index (χ3v) is 3.52. The smallest absolute Gasteiger partial charge is 0.201 e. The second-order valence-electron chi connectivity index (χ2n) is 6.42. The fraction of sp³-hybridized carbons (Fsp3) is 0.562. The fourth-order valence-electron chi connectivity index (χ4n) is 2.48. The predicted molar refractivity (Wildman–Crippen MR) is 88.7 cm³/mol. The molecular formula is C16H26N4O2. The van der Waals surface area contributed by atoms with Gasteiger partial charge in [0.05, 0.1) is 29.8 Å². The van der Waals surface area contributed by atoms with E-state index in [2.05, 4.69) is 29.1 Å². The van der Waals surface area contributed by atoms with Crippen LogP contribution in [0.25, 0.3) is 11.0 Å². The molecule has 6 heteroatoms. The van der Waals surface area contributed by atoms with Crippen molar-refractivity contribution >= 4 is 17.0 Å². The molecule has 6 nitrogen and oxygen atoms in total. The zero-order valence-electron chi connectivity index (χ0n) is 13.8. The largest absolute Gasteiger partial charge is 0.389 e. The van der Waals surface area contributed by atoms with Gasteiger partial charge in [-0.3, -0.25) is 4.90 Å². The third kappa shape index (κ3) is 4.19. The Morgan fingerprint density at radius 2 is 2.14 bits per heavy atom. The number of nitrogens with two attached hydrogens (primary N) is 1. The number of hydrogen-bond acceptors (Lipinski definition) is 5. The van der Waals surface area contributed by atoms with Gasteiger partial charge >= 0.3 is 0 Å². The SMILES string of the molecule is COCCN(C)Cc1ccc2c(c1)nc(N)n2CC(C)(C)O. The highest BCUT2D eigenvalue weighted by atomic mass is 16.5. The molecule has 0 aliphatic rings. The molecule has 2 aromatic rings. The maximum atomic E-state index is 10.0. The van der Waals surface area contributed by atoms with Gasteiger partial charge in [-0.05, 0) is 38.6 Å². The van der Waals surface area contributed by atoms with Crippen molar-refractivity contribution in [1.82, 2.24) is 14.5 Å². The maximum absolute atomic E-state index is 10.0. The van der Waals surface area contributed by atoms with Gasteiger partial charge in [-0.25, -0.2) is 4.98 Å². The number of anilines is 1. The Kier molecular flexibility index (Phi) is 5.05. The van der Waals surface area contributed by atoms with E-state index in [0.29, 0.717) is 19.1 Å². The molecule has 0 saturated carbocycles. The number of nitrogen functional groups attached to an aromatic ring is 1. The molecule has 0 unspecified atom stereocenters. The van der Waals surface area contributed by atoms with Crippen LogP contribution in [0.5, 0.6) is 0 Å². The van der Waals surface area contributed by atoms with Crippen molar-refractivity contribution in [2.24, 2.45) is 0 Å². The molecule has 122 valence electrons. The number of ether oxygens (including phenoxy) is 1. The molecule has 2 rings (SSSR count). The van der Waals surface area contributed by atoms with Crippen LogP contribution >= 0.6 is 0 Å². The maximum Gasteiger partial charge on any atom is 0.201 e. The summed E-state index contributed by atoms with van der Waals surface area (Å²) in [5.41, 5.74) is 8.15. The number of likely N-dealkylation sites (N-methyl/N-ethyl adjacent to an activating group) is 1. The molecule has 1 aromatic carbocycles. The normalized spacial score (nSPS) is 12.5. The van der Waals surface area contributed by atoms with Crippen molar-refractivity contribution in [1.29, 1.82) is 0 Å². The van der Waals surface area contributed by atoms with Crippen molar-refractivity contribution in [2.75, 3.05) is 33.0 Å². The summed E-state index contributed by atoms with van der Waals surface area (Å²) >= 11 is 0. The molecule has 0 aliphatic heterocycles. The van der Waals surface area contributed by atoms with Gasteiger partial charge in [0.25, 0.3) is 0 Å². The van der Waals surface area contributed by atoms with E-state index >= 15 is 0 Å². The highest BCUT2D eigenvalue weighted by Gasteiger charge is 2.18. The van der Waals surface area contributed by atoms with Crippen molar-refractivity contribution in [3.8, 4) is 0 Å². The van der Waals surface area contributed by atoms with Crippen molar-refractivity contribution in [3.05, 3.63) is 23.8 Å². The second kappa shape index (κ2) is 6.64. The first-order valence-electron chi connectivity index (χ1n) is 7.44. The minimum absolute atomic E-state index is 0.419. The van der Waals surface area contributed by atoms with Crippen LogP contribution in [0.4, 0.5) is 5.95 Å². The molecule has 0 radical (unpaired) electrons. The van der Waals surface area contributed by atoms with E-state index in [1.54, 1.807) is 21.0 Å². The number of fused-ring (bicyclic) bond motifs is 1. The summed E-state index contributed by atoms with van der Waals surface area (Å²) in [6, 6.07) is 6.15. The van der Waals surface area contributed by atoms with Gasteiger partial charge in [-0.15, -0.1) is 0 Å². The number of imidazole rings is 1. The average Bonchev–Trinajstić information content (AvgIpc) is 2.70. The summed E-state index contributed by atoms with van der Waals surface area (Å²) in [5.74, 6) is 0.432. The number of aromatic nitrogens is 2. The van der Waals surface area contributed by atoms with Gasteiger partial charge in [-0.2, -0.15) is 0 Å². The summed E-state index contributed by atoms with van der Waals surface area (Å²) in [6.45, 7) is 6.37. The molecule has 0 saturated heterocycles. The molecule has 0 aliphatic carbocycles. The van der Waals surface area contributed by atoms with Crippen LogP contribution in [0.1, 0.15) is 19.4 Å². The predicted octanol–water partition coefficient (Wildman–Crippen LogP) is 1.47. The average molecular weight is 306 g/mol. The Hall–Kier alpha value is -1.63. The molecule has 1 aromatic heterocycles. The zero-order chi connectivity index (χ0) is 16.3. The molecule has 0 atom stereocenters. The Bertz CT molecular complexity index is 631. The van der Waals surface area contributed by atoms with Gasteiger partial charge in [0, 0.05) is 20.2 Å². The van der Waals surface area contributed by atoms with E-state index in [1.165, 1.54) is 5.56 Å². The summed E-state index contributed by atoms with van der Waals surface area (Å²) in [7, 11) is 3.77. The lowest BCUT2D eigenvalue weighted by atomic mass is 10.1. The number of nitrogens with zero attached hydrogens (tertiary/aromatic N) is 3. The second-order valence-corrected chi connectivity index (χ2v) is 6.42. The molecule has 1 heterocycles. The van der Waals surface area contributed by atoms with Gasteiger partial charge in [0.2, 0.25) is 5.95 Å². The van der Waals surface area contributed by atoms with Crippen LogP contribution < -0.4 is 5.73 Å². The first kappa shape index (κ1) is 16.7. The lowest BCUT2D eigenvalue weighted by molar-refractivity contribution is 0.0633. The third-order valence-electron chi connectivity index (χ3n) is 3.52. The Morgan fingerprint density at radius 3 is 2.77 bits per heavy atom. The summed E-state index contributed by atoms with van der Waals surface area (Å²) in [5, 5.41) is 10.0. The van der Waals surface area contributed by atoms with Crippen LogP contribution in [0.2, 0.25) is 0 Å². The first-order chi connectivity index (χ1) is 10.3. The Morgan fingerprint density at radius 1 is 1.41 bits per heavy atom. The lowest BCUT2D eigenvalue weighted by Gasteiger charge is -2.19. The molecule has 0 bridgehead atoms. The monoisotopic (exact) mass is 306 g/mol. The van der Waals surface area contributed by atoms with E-state index in [9.17, 15) is 5.11 Å². The van der Waals surface area contributed by atoms with E-state index < -0.39 is 5.60 Å². The number of aliphatic hydroxyl groups is 1. The van der Waals surface area contributed by atoms with E-state index in [1.807, 2.05) is 10.6 Å². The van der Waals surface area contributed by atoms with Gasteiger partial charge in [0.15, 0.2) is 0 Å². The molecule has 3 N–H and O–H groups in total. The number of rotatable bonds is 7. The summed E-state index contributed by atoms with van der Waals surface area (Å²) < 4.78 is 6.94. The van der Waals surface area contributed by atoms with E-state index in [4.69, 9.17) is 10.5 Å². The van der Waals surface area contributed by atoms with Gasteiger partial charge < -0.3 is 20.1 Å². The van der Waals surface area contributed by atoms with Gasteiger partial charge in [0.1, 0.15) is 0 Å². The van der Waals surface area contributed by atoms with Crippen LogP contribution in [0.3, 0.4) is 0 Å². The lowest BCUT2D eigenvalue weighted by Crippen LogP contribution is -2.26. The van der Waals surface area contributed by atoms with Crippen molar-refractivity contribution < 1.29 is 9.84 Å². The fourth-order valence-corrected chi connectivity index (χ4v) is 2.48. The summed E-state index contributed by atoms with van der Waals surface area (Å²) in [6.07, 6.45) is 0. The molecule has 22 heavy (non-hydrogen) atoms. The summed E-state index contributed by atoms with van der Waals surface area (Å²) in [4.78, 5) is 6.61. The number of hydrogen-bond donors (Lipinski definition) is 2. The van der Waals surface area contributed by atoms with E-state index in [-0.39, 0.29) is 0 Å². The van der Waals surface area contributed by atoms with Crippen molar-refractivity contribution in [2.45, 2.75) is 32.5 Å². The quantitative estimate of drug-likeness (QED) is 0.810. The highest BCUT2D eigenvalue weighted by Crippen LogP contribution is 2.22. The highest BCUT2D eigenvalue weighted by molar-refractivity contribution is 5.79. The number of methoxy groups -OCH3 is 1. The van der Waals surface area contributed by atoms with Crippen molar-refractivity contribution in [3.63, 3.8) is 0 Å². The zero-order valence-corrected chi connectivity index (χ0v) is 13.8. The van der Waals surface area contributed by atoms with Crippen LogP contribution in [-0.2, 0) is 17.8 Å². The standard InChI is InChI=1S/C16H26N4O2/c1-16(2,21)11-20-14-6-5-12(9-13(14)18-15(20)17)10-19(3)7-8-22-4/h5-6,9,21H,7-8,10-11H2,1-4H3,(H2,17,18). The van der Waals surface area contributed by atoms with Gasteiger partial charge in [-0.1, -0.05) is 6.07 Å². The molecule has 0 amide bonds. The molecule has 0 fully saturated rings. The Balaban J connectivity index is 2.21. The topological polar surface area (TPSA) is 76.5 Å². The molecule has 0 spiro atoms. The minimum atomic E-state index is -0.833.